The summed E-state index contributed by atoms with van der Waals surface area (Å²) in [5, 5.41) is 5.11. The third kappa shape index (κ3) is 4.43. The summed E-state index contributed by atoms with van der Waals surface area (Å²) in [6, 6.07) is 15.4. The van der Waals surface area contributed by atoms with E-state index < -0.39 is 15.7 Å². The van der Waals surface area contributed by atoms with Gasteiger partial charge >= 0.3 is 0 Å². The zero-order chi connectivity index (χ0) is 24.4. The van der Waals surface area contributed by atoms with Crippen LogP contribution in [0.4, 0.5) is 5.82 Å². The van der Waals surface area contributed by atoms with Crippen LogP contribution in [0.3, 0.4) is 0 Å². The van der Waals surface area contributed by atoms with Gasteiger partial charge in [-0.25, -0.2) is 13.4 Å². The molecule has 0 spiro atoms. The standard InChI is InChI=1S/C25H21N5O4S/c1-2-35(32,33)19-10-8-17(9-11-19)16-34-21-7-3-6-20-22(21)28-25(30-14-13-27-23(20)30)29-24(31)18-5-4-12-26-15-18/h2-12,15,27H,1,13-14,16H2. The molecule has 1 amide bonds. The Labute approximate surface area is 201 Å². The third-order valence-corrected chi connectivity index (χ3v) is 6.95. The highest BCUT2D eigenvalue weighted by Crippen LogP contribution is 2.30. The Balaban J connectivity index is 1.50. The molecule has 10 heteroatoms. The van der Waals surface area contributed by atoms with Crippen LogP contribution in [0.2, 0.25) is 0 Å². The molecule has 5 rings (SSSR count). The predicted molar refractivity (Wildman–Crippen MR) is 131 cm³/mol. The molecule has 0 radical (unpaired) electrons. The van der Waals surface area contributed by atoms with Crippen LogP contribution in [0.15, 0.2) is 88.9 Å². The highest BCUT2D eigenvalue weighted by Gasteiger charge is 2.18. The van der Waals surface area contributed by atoms with Gasteiger partial charge in [-0.05, 0) is 42.0 Å². The molecule has 2 aromatic heterocycles. The molecule has 0 aliphatic carbocycles. The first-order chi connectivity index (χ1) is 17.0. The molecule has 0 bridgehead atoms. The maximum Gasteiger partial charge on any atom is 0.281 e. The van der Waals surface area contributed by atoms with Crippen molar-refractivity contribution < 1.29 is 17.9 Å². The van der Waals surface area contributed by atoms with Gasteiger partial charge in [-0.3, -0.25) is 14.3 Å². The molecule has 176 valence electrons. The second kappa shape index (κ2) is 9.15. The van der Waals surface area contributed by atoms with Crippen LogP contribution in [0, 0.1) is 0 Å². The van der Waals surface area contributed by atoms with Crippen molar-refractivity contribution in [1.29, 1.82) is 0 Å². The van der Waals surface area contributed by atoms with Gasteiger partial charge in [-0.2, -0.15) is 4.99 Å². The van der Waals surface area contributed by atoms with Gasteiger partial charge in [0.05, 0.1) is 10.5 Å². The van der Waals surface area contributed by atoms with E-state index in [0.29, 0.717) is 29.9 Å². The third-order valence-electron chi connectivity index (χ3n) is 5.58. The van der Waals surface area contributed by atoms with Crippen molar-refractivity contribution in [2.45, 2.75) is 18.0 Å². The van der Waals surface area contributed by atoms with Gasteiger partial charge in [0.15, 0.2) is 9.84 Å². The van der Waals surface area contributed by atoms with E-state index in [9.17, 15) is 13.2 Å². The number of nitrogens with zero attached hydrogens (tertiary/aromatic N) is 4. The molecule has 0 saturated heterocycles. The summed E-state index contributed by atoms with van der Waals surface area (Å²) < 4.78 is 31.8. The van der Waals surface area contributed by atoms with Crippen LogP contribution in [-0.2, 0) is 23.0 Å². The Hall–Kier alpha value is -4.31. The number of carbonyl (C=O) groups is 1. The molecule has 3 heterocycles. The number of ether oxygens (including phenoxy) is 1. The fourth-order valence-electron chi connectivity index (χ4n) is 3.80. The van der Waals surface area contributed by atoms with E-state index in [1.54, 1.807) is 36.5 Å². The summed E-state index contributed by atoms with van der Waals surface area (Å²) in [6.07, 6.45) is 3.06. The Morgan fingerprint density at radius 3 is 2.74 bits per heavy atom. The zero-order valence-electron chi connectivity index (χ0n) is 18.6. The average Bonchev–Trinajstić information content (AvgIpc) is 3.39. The number of pyridine rings is 1. The second-order valence-electron chi connectivity index (χ2n) is 7.79. The van der Waals surface area contributed by atoms with Gasteiger partial charge in [0.1, 0.15) is 23.7 Å². The monoisotopic (exact) mass is 487 g/mol. The van der Waals surface area contributed by atoms with Gasteiger partial charge in [0, 0.05) is 36.3 Å². The second-order valence-corrected chi connectivity index (χ2v) is 9.69. The summed E-state index contributed by atoms with van der Waals surface area (Å²) in [5.41, 5.74) is 2.01. The number of hydrogen-bond acceptors (Lipinski definition) is 7. The number of aromatic nitrogens is 3. The lowest BCUT2D eigenvalue weighted by Crippen LogP contribution is -2.25. The van der Waals surface area contributed by atoms with Crippen LogP contribution in [0.1, 0.15) is 15.9 Å². The molecule has 2 aromatic carbocycles. The zero-order valence-corrected chi connectivity index (χ0v) is 19.4. The number of hydrogen-bond donors (Lipinski definition) is 1. The fraction of sp³-hybridized carbons (Fsp3) is 0.120. The molecular formula is C25H21N5O4S. The summed E-state index contributed by atoms with van der Waals surface area (Å²) in [6.45, 7) is 4.86. The van der Waals surface area contributed by atoms with Gasteiger partial charge in [-0.1, -0.05) is 24.8 Å². The van der Waals surface area contributed by atoms with Crippen LogP contribution >= 0.6 is 0 Å². The van der Waals surface area contributed by atoms with Crippen molar-refractivity contribution >= 4 is 32.5 Å². The molecule has 0 atom stereocenters. The average molecular weight is 488 g/mol. The first-order valence-electron chi connectivity index (χ1n) is 10.8. The number of amides is 1. The number of benzene rings is 2. The van der Waals surface area contributed by atoms with Crippen molar-refractivity contribution in [3.63, 3.8) is 0 Å². The fourth-order valence-corrected chi connectivity index (χ4v) is 4.51. The quantitative estimate of drug-likeness (QED) is 0.444. The van der Waals surface area contributed by atoms with Gasteiger partial charge in [0.2, 0.25) is 5.62 Å². The maximum atomic E-state index is 12.7. The van der Waals surface area contributed by atoms with E-state index in [1.807, 2.05) is 16.7 Å². The molecular weight excluding hydrogens is 466 g/mol. The van der Waals surface area contributed by atoms with Crippen molar-refractivity contribution in [2.24, 2.45) is 4.99 Å². The Morgan fingerprint density at radius 2 is 2.00 bits per heavy atom. The van der Waals surface area contributed by atoms with Crippen molar-refractivity contribution in [1.82, 2.24) is 14.5 Å². The number of fused-ring (bicyclic) bond motifs is 3. The van der Waals surface area contributed by atoms with Crippen molar-refractivity contribution in [3.05, 3.63) is 95.7 Å². The van der Waals surface area contributed by atoms with Gasteiger partial charge in [0.25, 0.3) is 5.91 Å². The maximum absolute atomic E-state index is 12.7. The van der Waals surface area contributed by atoms with E-state index >= 15 is 0 Å². The molecule has 0 unspecified atom stereocenters. The van der Waals surface area contributed by atoms with Crippen LogP contribution in [0.5, 0.6) is 5.75 Å². The first-order valence-corrected chi connectivity index (χ1v) is 12.4. The van der Waals surface area contributed by atoms with E-state index in [2.05, 4.69) is 26.9 Å². The lowest BCUT2D eigenvalue weighted by Gasteiger charge is -2.12. The minimum atomic E-state index is -3.49. The molecule has 4 aromatic rings. The largest absolute Gasteiger partial charge is 0.487 e. The van der Waals surface area contributed by atoms with Gasteiger partial charge in [-0.15, -0.1) is 0 Å². The number of anilines is 1. The number of carbonyl (C=O) groups excluding carboxylic acids is 1. The van der Waals surface area contributed by atoms with Crippen LogP contribution in [-0.4, -0.2) is 35.4 Å². The Kier molecular flexibility index (Phi) is 5.87. The molecule has 1 aliphatic rings. The summed E-state index contributed by atoms with van der Waals surface area (Å²) >= 11 is 0. The minimum Gasteiger partial charge on any atom is -0.487 e. The lowest BCUT2D eigenvalue weighted by atomic mass is 10.2. The lowest BCUT2D eigenvalue weighted by molar-refractivity contribution is 0.0996. The number of sulfone groups is 1. The molecule has 1 N–H and O–H groups in total. The number of nitrogens with one attached hydrogen (secondary N) is 1. The number of rotatable bonds is 6. The molecule has 0 fully saturated rings. The van der Waals surface area contributed by atoms with Gasteiger partial charge < -0.3 is 10.1 Å². The highest BCUT2D eigenvalue weighted by molar-refractivity contribution is 7.94. The predicted octanol–water partition coefficient (Wildman–Crippen LogP) is 3.09. The van der Waals surface area contributed by atoms with Crippen molar-refractivity contribution in [3.8, 4) is 5.75 Å². The normalized spacial score (nSPS) is 13.3. The van der Waals surface area contributed by atoms with Crippen LogP contribution in [0.25, 0.3) is 10.9 Å². The SMILES string of the molecule is C=CS(=O)(=O)c1ccc(COc2cccc3c4n(c(=NC(=O)c5cccnc5)nc23)CCN4)cc1. The molecule has 9 nitrogen and oxygen atoms in total. The summed E-state index contributed by atoms with van der Waals surface area (Å²) in [7, 11) is -3.49. The van der Waals surface area contributed by atoms with E-state index in [-0.39, 0.29) is 17.1 Å². The molecule has 0 saturated carbocycles. The van der Waals surface area contributed by atoms with E-state index in [4.69, 9.17) is 4.74 Å². The smallest absolute Gasteiger partial charge is 0.281 e. The summed E-state index contributed by atoms with van der Waals surface area (Å²) in [5.74, 6) is 0.907. The first kappa shape index (κ1) is 22.5. The van der Waals surface area contributed by atoms with Crippen molar-refractivity contribution in [2.75, 3.05) is 11.9 Å². The Bertz CT molecular complexity index is 1610. The molecule has 1 aliphatic heterocycles. The minimum absolute atomic E-state index is 0.172. The van der Waals surface area contributed by atoms with Crippen LogP contribution < -0.4 is 15.7 Å². The van der Waals surface area contributed by atoms with E-state index in [0.717, 1.165) is 22.2 Å². The highest BCUT2D eigenvalue weighted by atomic mass is 32.2. The topological polar surface area (TPSA) is 116 Å². The molecule has 35 heavy (non-hydrogen) atoms. The number of para-hydroxylation sites is 1. The van der Waals surface area contributed by atoms with E-state index in [1.165, 1.54) is 18.3 Å². The Morgan fingerprint density at radius 1 is 1.17 bits per heavy atom. The summed E-state index contributed by atoms with van der Waals surface area (Å²) in [4.78, 5) is 25.8.